The Labute approximate surface area is 89.1 Å². The van der Waals surface area contributed by atoms with E-state index in [0.717, 1.165) is 25.1 Å². The van der Waals surface area contributed by atoms with Crippen molar-refractivity contribution in [1.82, 2.24) is 5.32 Å². The normalized spacial score (nSPS) is 14.7. The Balaban J connectivity index is 2.10. The Morgan fingerprint density at radius 2 is 2.27 bits per heavy atom. The fraction of sp³-hybridized carbons (Fsp3) is 0.417. The molecular formula is C12H15NO2. The second-order valence-corrected chi connectivity index (χ2v) is 3.92. The molecule has 0 aliphatic carbocycles. The van der Waals surface area contributed by atoms with E-state index in [2.05, 4.69) is 17.4 Å². The first-order chi connectivity index (χ1) is 7.25. The van der Waals surface area contributed by atoms with Crippen molar-refractivity contribution in [3.05, 3.63) is 34.9 Å². The van der Waals surface area contributed by atoms with Crippen molar-refractivity contribution in [1.29, 1.82) is 0 Å². The van der Waals surface area contributed by atoms with Crippen LogP contribution < -0.4 is 5.32 Å². The van der Waals surface area contributed by atoms with Crippen LogP contribution in [-0.2, 0) is 24.2 Å². The van der Waals surface area contributed by atoms with Crippen molar-refractivity contribution in [2.24, 2.45) is 0 Å². The molecule has 1 aromatic carbocycles. The molecule has 0 aromatic heterocycles. The van der Waals surface area contributed by atoms with Gasteiger partial charge in [-0.1, -0.05) is 18.2 Å². The summed E-state index contributed by atoms with van der Waals surface area (Å²) < 4.78 is 0. The number of aliphatic carboxylic acids is 1. The molecule has 0 amide bonds. The molecule has 0 atom stereocenters. The zero-order chi connectivity index (χ0) is 10.7. The first-order valence-electron chi connectivity index (χ1n) is 5.29. The average Bonchev–Trinajstić information content (AvgIpc) is 2.26. The number of benzene rings is 1. The van der Waals surface area contributed by atoms with Crippen LogP contribution in [0.2, 0.25) is 0 Å². The van der Waals surface area contributed by atoms with Crippen LogP contribution in [0.5, 0.6) is 0 Å². The summed E-state index contributed by atoms with van der Waals surface area (Å²) in [4.78, 5) is 10.4. The van der Waals surface area contributed by atoms with Gasteiger partial charge in [0.1, 0.15) is 0 Å². The third-order valence-corrected chi connectivity index (χ3v) is 2.78. The number of hydrogen-bond donors (Lipinski definition) is 2. The van der Waals surface area contributed by atoms with Crippen molar-refractivity contribution in [2.45, 2.75) is 25.8 Å². The molecule has 0 saturated heterocycles. The van der Waals surface area contributed by atoms with Crippen molar-refractivity contribution >= 4 is 5.97 Å². The number of rotatable bonds is 3. The molecule has 15 heavy (non-hydrogen) atoms. The molecule has 0 saturated carbocycles. The highest BCUT2D eigenvalue weighted by atomic mass is 16.4. The Hall–Kier alpha value is -1.35. The van der Waals surface area contributed by atoms with Crippen LogP contribution in [0.1, 0.15) is 23.1 Å². The smallest absolute Gasteiger partial charge is 0.303 e. The predicted octanol–water partition coefficient (Wildman–Crippen LogP) is 1.35. The summed E-state index contributed by atoms with van der Waals surface area (Å²) in [5.74, 6) is -0.731. The maximum absolute atomic E-state index is 10.4. The maximum Gasteiger partial charge on any atom is 0.303 e. The molecule has 0 fully saturated rings. The Morgan fingerprint density at radius 3 is 3.07 bits per heavy atom. The van der Waals surface area contributed by atoms with Gasteiger partial charge in [-0.3, -0.25) is 4.79 Å². The number of aryl methyl sites for hydroxylation is 1. The van der Waals surface area contributed by atoms with Crippen LogP contribution in [-0.4, -0.2) is 17.6 Å². The zero-order valence-corrected chi connectivity index (χ0v) is 8.62. The van der Waals surface area contributed by atoms with E-state index < -0.39 is 5.97 Å². The van der Waals surface area contributed by atoms with E-state index in [1.165, 1.54) is 11.1 Å². The number of nitrogens with one attached hydrogen (secondary N) is 1. The lowest BCUT2D eigenvalue weighted by atomic mass is 9.97. The van der Waals surface area contributed by atoms with E-state index in [0.29, 0.717) is 6.42 Å². The predicted molar refractivity (Wildman–Crippen MR) is 57.8 cm³/mol. The molecule has 0 bridgehead atoms. The van der Waals surface area contributed by atoms with Crippen LogP contribution in [0.15, 0.2) is 18.2 Å². The van der Waals surface area contributed by atoms with Gasteiger partial charge >= 0.3 is 5.97 Å². The third kappa shape index (κ3) is 2.57. The molecule has 1 aliphatic heterocycles. The minimum absolute atomic E-state index is 0.214. The van der Waals surface area contributed by atoms with Crippen molar-refractivity contribution in [3.63, 3.8) is 0 Å². The first-order valence-corrected chi connectivity index (χ1v) is 5.29. The number of carboxylic acid groups (broad SMARTS) is 1. The summed E-state index contributed by atoms with van der Waals surface area (Å²) in [7, 11) is 0. The van der Waals surface area contributed by atoms with Gasteiger partial charge < -0.3 is 10.4 Å². The lowest BCUT2D eigenvalue weighted by Gasteiger charge is -2.17. The summed E-state index contributed by atoms with van der Waals surface area (Å²) in [5, 5.41) is 11.9. The molecule has 1 aliphatic rings. The van der Waals surface area contributed by atoms with Crippen molar-refractivity contribution < 1.29 is 9.90 Å². The maximum atomic E-state index is 10.4. The molecule has 80 valence electrons. The molecule has 1 heterocycles. The van der Waals surface area contributed by atoms with Crippen molar-refractivity contribution in [3.8, 4) is 0 Å². The Bertz CT molecular complexity index is 374. The lowest BCUT2D eigenvalue weighted by molar-refractivity contribution is -0.136. The average molecular weight is 205 g/mol. The fourth-order valence-electron chi connectivity index (χ4n) is 1.94. The highest BCUT2D eigenvalue weighted by molar-refractivity contribution is 5.67. The lowest BCUT2D eigenvalue weighted by Crippen LogP contribution is -2.23. The van der Waals surface area contributed by atoms with Gasteiger partial charge in [-0.25, -0.2) is 0 Å². The van der Waals surface area contributed by atoms with Crippen LogP contribution >= 0.6 is 0 Å². The quantitative estimate of drug-likeness (QED) is 0.783. The number of fused-ring (bicyclic) bond motifs is 1. The van der Waals surface area contributed by atoms with Gasteiger partial charge in [0, 0.05) is 13.0 Å². The minimum Gasteiger partial charge on any atom is -0.481 e. The van der Waals surface area contributed by atoms with Crippen LogP contribution in [0.4, 0.5) is 0 Å². The first kappa shape index (κ1) is 10.2. The summed E-state index contributed by atoms with van der Waals surface area (Å²) in [6, 6.07) is 6.31. The molecule has 2 N–H and O–H groups in total. The summed E-state index contributed by atoms with van der Waals surface area (Å²) >= 11 is 0. The SMILES string of the molecule is O=C(O)CCc1ccc2c(c1)CNCC2. The highest BCUT2D eigenvalue weighted by Crippen LogP contribution is 2.16. The molecule has 0 radical (unpaired) electrons. The second-order valence-electron chi connectivity index (χ2n) is 3.92. The molecule has 0 spiro atoms. The van der Waals surface area contributed by atoms with Gasteiger partial charge in [0.25, 0.3) is 0 Å². The number of hydrogen-bond acceptors (Lipinski definition) is 2. The van der Waals surface area contributed by atoms with Gasteiger partial charge in [-0.15, -0.1) is 0 Å². The Kier molecular flexibility index (Phi) is 3.02. The second kappa shape index (κ2) is 4.45. The van der Waals surface area contributed by atoms with Crippen LogP contribution in [0.3, 0.4) is 0 Å². The molecule has 3 heteroatoms. The van der Waals surface area contributed by atoms with Gasteiger partial charge in [-0.2, -0.15) is 0 Å². The topological polar surface area (TPSA) is 49.3 Å². The third-order valence-electron chi connectivity index (χ3n) is 2.78. The minimum atomic E-state index is -0.731. The van der Waals surface area contributed by atoms with E-state index in [1.54, 1.807) is 0 Å². The van der Waals surface area contributed by atoms with E-state index >= 15 is 0 Å². The highest BCUT2D eigenvalue weighted by Gasteiger charge is 2.09. The van der Waals surface area contributed by atoms with Crippen molar-refractivity contribution in [2.75, 3.05) is 6.54 Å². The van der Waals surface area contributed by atoms with Crippen LogP contribution in [0, 0.1) is 0 Å². The molecule has 2 rings (SSSR count). The Morgan fingerprint density at radius 1 is 1.40 bits per heavy atom. The zero-order valence-electron chi connectivity index (χ0n) is 8.62. The monoisotopic (exact) mass is 205 g/mol. The van der Waals surface area contributed by atoms with Gasteiger partial charge in [-0.05, 0) is 36.1 Å². The van der Waals surface area contributed by atoms with E-state index in [1.807, 2.05) is 6.07 Å². The fourth-order valence-corrected chi connectivity index (χ4v) is 1.94. The summed E-state index contributed by atoms with van der Waals surface area (Å²) in [6.07, 6.45) is 1.92. The van der Waals surface area contributed by atoms with Gasteiger partial charge in [0.05, 0.1) is 0 Å². The summed E-state index contributed by atoms with van der Waals surface area (Å²) in [6.45, 7) is 1.96. The van der Waals surface area contributed by atoms with E-state index in [-0.39, 0.29) is 6.42 Å². The van der Waals surface area contributed by atoms with Gasteiger partial charge in [0.2, 0.25) is 0 Å². The van der Waals surface area contributed by atoms with E-state index in [4.69, 9.17) is 5.11 Å². The number of carboxylic acids is 1. The largest absolute Gasteiger partial charge is 0.481 e. The molecule has 1 aromatic rings. The molecular weight excluding hydrogens is 190 g/mol. The standard InChI is InChI=1S/C12H15NO2/c14-12(15)4-2-9-1-3-10-5-6-13-8-11(10)7-9/h1,3,7,13H,2,4-6,8H2,(H,14,15). The van der Waals surface area contributed by atoms with Gasteiger partial charge in [0.15, 0.2) is 0 Å². The number of carbonyl (C=O) groups is 1. The molecule has 0 unspecified atom stereocenters. The summed E-state index contributed by atoms with van der Waals surface area (Å²) in [5.41, 5.74) is 3.84. The molecule has 3 nitrogen and oxygen atoms in total. The van der Waals surface area contributed by atoms with Crippen LogP contribution in [0.25, 0.3) is 0 Å². The van der Waals surface area contributed by atoms with E-state index in [9.17, 15) is 4.79 Å².